The van der Waals surface area contributed by atoms with Crippen molar-refractivity contribution in [2.24, 2.45) is 0 Å². The minimum absolute atomic E-state index is 0.285. The molecule has 0 atom stereocenters. The van der Waals surface area contributed by atoms with E-state index in [0.717, 1.165) is 0 Å². The summed E-state index contributed by atoms with van der Waals surface area (Å²) in [5.41, 5.74) is 6.30. The highest BCUT2D eigenvalue weighted by molar-refractivity contribution is 5.64. The van der Waals surface area contributed by atoms with Crippen molar-refractivity contribution in [2.75, 3.05) is 11.1 Å². The van der Waals surface area contributed by atoms with Gasteiger partial charge in [-0.25, -0.2) is 14.4 Å². The lowest BCUT2D eigenvalue weighted by Crippen LogP contribution is -2.00. The maximum Gasteiger partial charge on any atom is 0.173 e. The molecule has 0 amide bonds. The molecule has 0 aliphatic rings. The normalized spacial score (nSPS) is 9.93. The Morgan fingerprint density at radius 2 is 1.73 bits per heavy atom. The van der Waals surface area contributed by atoms with E-state index in [-0.39, 0.29) is 5.82 Å². The topological polar surface area (TPSA) is 63.8 Å². The smallest absolute Gasteiger partial charge is 0.173 e. The van der Waals surface area contributed by atoms with Crippen LogP contribution < -0.4 is 11.1 Å². The van der Waals surface area contributed by atoms with Crippen LogP contribution in [0.4, 0.5) is 21.7 Å². The molecule has 0 aliphatic carbocycles. The van der Waals surface area contributed by atoms with Gasteiger partial charge in [0, 0.05) is 18.1 Å². The Bertz CT molecular complexity index is 455. The van der Waals surface area contributed by atoms with Crippen molar-refractivity contribution in [3.8, 4) is 0 Å². The van der Waals surface area contributed by atoms with E-state index in [9.17, 15) is 4.39 Å². The average Bonchev–Trinajstić information content (AvgIpc) is 2.25. The largest absolute Gasteiger partial charge is 0.381 e. The summed E-state index contributed by atoms with van der Waals surface area (Å²) >= 11 is 0. The van der Waals surface area contributed by atoms with Gasteiger partial charge >= 0.3 is 0 Å². The molecule has 3 N–H and O–H groups in total. The predicted molar refractivity (Wildman–Crippen MR) is 56.1 cm³/mol. The first kappa shape index (κ1) is 9.39. The summed E-state index contributed by atoms with van der Waals surface area (Å²) in [6, 6.07) is 5.91. The SMILES string of the molecule is Nc1nccnc1Nc1ccc(F)cc1. The van der Waals surface area contributed by atoms with Crippen molar-refractivity contribution in [1.82, 2.24) is 9.97 Å². The van der Waals surface area contributed by atoms with Crippen molar-refractivity contribution in [3.63, 3.8) is 0 Å². The van der Waals surface area contributed by atoms with Crippen LogP contribution >= 0.6 is 0 Å². The number of nitrogens with two attached hydrogens (primary N) is 1. The molecule has 0 fully saturated rings. The van der Waals surface area contributed by atoms with Crippen LogP contribution in [0.3, 0.4) is 0 Å². The van der Waals surface area contributed by atoms with E-state index in [1.807, 2.05) is 0 Å². The second kappa shape index (κ2) is 3.91. The Labute approximate surface area is 86.0 Å². The molecule has 0 saturated heterocycles. The Morgan fingerprint density at radius 3 is 2.40 bits per heavy atom. The number of anilines is 3. The molecule has 4 nitrogen and oxygen atoms in total. The van der Waals surface area contributed by atoms with Crippen LogP contribution in [0.15, 0.2) is 36.7 Å². The number of nitrogens with one attached hydrogen (secondary N) is 1. The second-order valence-electron chi connectivity index (χ2n) is 2.92. The van der Waals surface area contributed by atoms with Gasteiger partial charge in [-0.15, -0.1) is 0 Å². The summed E-state index contributed by atoms with van der Waals surface area (Å²) in [5, 5.41) is 2.93. The van der Waals surface area contributed by atoms with Crippen LogP contribution in [-0.4, -0.2) is 9.97 Å². The third-order valence-electron chi connectivity index (χ3n) is 1.83. The highest BCUT2D eigenvalue weighted by Crippen LogP contribution is 2.17. The maximum absolute atomic E-state index is 12.6. The molecule has 1 aromatic heterocycles. The Kier molecular flexibility index (Phi) is 2.45. The molecule has 0 spiro atoms. The first-order valence-corrected chi connectivity index (χ1v) is 4.35. The van der Waals surface area contributed by atoms with Crippen LogP contribution in [0.5, 0.6) is 0 Å². The Hall–Kier alpha value is -2.17. The van der Waals surface area contributed by atoms with Crippen molar-refractivity contribution in [1.29, 1.82) is 0 Å². The summed E-state index contributed by atoms with van der Waals surface area (Å²) in [5.74, 6) is 0.485. The van der Waals surface area contributed by atoms with Gasteiger partial charge in [0.25, 0.3) is 0 Å². The van der Waals surface area contributed by atoms with E-state index >= 15 is 0 Å². The lowest BCUT2D eigenvalue weighted by atomic mass is 10.3. The number of hydrogen-bond acceptors (Lipinski definition) is 4. The first-order valence-electron chi connectivity index (χ1n) is 4.35. The van der Waals surface area contributed by atoms with Gasteiger partial charge in [0.15, 0.2) is 11.6 Å². The predicted octanol–water partition coefficient (Wildman–Crippen LogP) is 1.94. The molecule has 1 aromatic carbocycles. The number of halogens is 1. The number of nitrogens with zero attached hydrogens (tertiary/aromatic N) is 2. The molecular formula is C10H9FN4. The molecule has 0 aliphatic heterocycles. The summed E-state index contributed by atoms with van der Waals surface area (Å²) in [6.07, 6.45) is 3.04. The molecular weight excluding hydrogens is 195 g/mol. The summed E-state index contributed by atoms with van der Waals surface area (Å²) in [4.78, 5) is 7.88. The number of nitrogen functional groups attached to an aromatic ring is 1. The zero-order chi connectivity index (χ0) is 10.7. The van der Waals surface area contributed by atoms with Crippen molar-refractivity contribution < 1.29 is 4.39 Å². The van der Waals surface area contributed by atoms with Crippen molar-refractivity contribution in [2.45, 2.75) is 0 Å². The van der Waals surface area contributed by atoms with Gasteiger partial charge in [0.05, 0.1) is 0 Å². The maximum atomic E-state index is 12.6. The van der Waals surface area contributed by atoms with Gasteiger partial charge in [0.1, 0.15) is 5.82 Å². The van der Waals surface area contributed by atoms with Gasteiger partial charge in [-0.2, -0.15) is 0 Å². The zero-order valence-electron chi connectivity index (χ0n) is 7.81. The van der Waals surface area contributed by atoms with Crippen molar-refractivity contribution >= 4 is 17.3 Å². The molecule has 5 heteroatoms. The highest BCUT2D eigenvalue weighted by Gasteiger charge is 2.00. The Balaban J connectivity index is 2.22. The molecule has 0 bridgehead atoms. The van der Waals surface area contributed by atoms with Crippen LogP contribution in [-0.2, 0) is 0 Å². The fraction of sp³-hybridized carbons (Fsp3) is 0. The summed E-state index contributed by atoms with van der Waals surface area (Å²) in [6.45, 7) is 0. The molecule has 76 valence electrons. The zero-order valence-corrected chi connectivity index (χ0v) is 7.81. The summed E-state index contributed by atoms with van der Waals surface area (Å²) in [7, 11) is 0. The minimum Gasteiger partial charge on any atom is -0.381 e. The Morgan fingerprint density at radius 1 is 1.07 bits per heavy atom. The van der Waals surface area contributed by atoms with E-state index in [2.05, 4.69) is 15.3 Å². The molecule has 1 heterocycles. The number of benzene rings is 1. The summed E-state index contributed by atoms with van der Waals surface area (Å²) < 4.78 is 12.6. The van der Waals surface area contributed by atoms with Crippen LogP contribution in [0.2, 0.25) is 0 Å². The van der Waals surface area contributed by atoms with E-state index in [1.165, 1.54) is 24.5 Å². The van der Waals surface area contributed by atoms with Crippen molar-refractivity contribution in [3.05, 3.63) is 42.5 Å². The minimum atomic E-state index is -0.285. The van der Waals surface area contributed by atoms with E-state index in [4.69, 9.17) is 5.73 Å². The van der Waals surface area contributed by atoms with Gasteiger partial charge in [0.2, 0.25) is 0 Å². The van der Waals surface area contributed by atoms with Gasteiger partial charge in [-0.3, -0.25) is 0 Å². The fourth-order valence-corrected chi connectivity index (χ4v) is 1.12. The third kappa shape index (κ3) is 2.19. The second-order valence-corrected chi connectivity index (χ2v) is 2.92. The van der Waals surface area contributed by atoms with Crippen LogP contribution in [0, 0.1) is 5.82 Å². The van der Waals surface area contributed by atoms with Gasteiger partial charge in [-0.05, 0) is 24.3 Å². The van der Waals surface area contributed by atoms with Gasteiger partial charge in [-0.1, -0.05) is 0 Å². The molecule has 15 heavy (non-hydrogen) atoms. The van der Waals surface area contributed by atoms with E-state index in [0.29, 0.717) is 17.3 Å². The third-order valence-corrected chi connectivity index (χ3v) is 1.83. The average molecular weight is 204 g/mol. The quantitative estimate of drug-likeness (QED) is 0.784. The number of rotatable bonds is 2. The number of aromatic nitrogens is 2. The van der Waals surface area contributed by atoms with E-state index in [1.54, 1.807) is 12.1 Å². The van der Waals surface area contributed by atoms with E-state index < -0.39 is 0 Å². The van der Waals surface area contributed by atoms with Crippen LogP contribution in [0.1, 0.15) is 0 Å². The molecule has 0 unspecified atom stereocenters. The first-order chi connectivity index (χ1) is 7.25. The standard InChI is InChI=1S/C10H9FN4/c11-7-1-3-8(4-2-7)15-10-9(12)13-5-6-14-10/h1-6H,(H2,12,13)(H,14,15). The molecule has 2 aromatic rings. The highest BCUT2D eigenvalue weighted by atomic mass is 19.1. The molecule has 0 saturated carbocycles. The molecule has 0 radical (unpaired) electrons. The molecule has 2 rings (SSSR count). The fourth-order valence-electron chi connectivity index (χ4n) is 1.12. The lowest BCUT2D eigenvalue weighted by molar-refractivity contribution is 0.628. The van der Waals surface area contributed by atoms with Gasteiger partial charge < -0.3 is 11.1 Å². The van der Waals surface area contributed by atoms with Crippen LogP contribution in [0.25, 0.3) is 0 Å². The monoisotopic (exact) mass is 204 g/mol. The number of hydrogen-bond donors (Lipinski definition) is 2. The lowest BCUT2D eigenvalue weighted by Gasteiger charge is -2.06.